The second-order valence-corrected chi connectivity index (χ2v) is 12.6. The van der Waals surface area contributed by atoms with Crippen molar-refractivity contribution in [2.75, 3.05) is 55.8 Å². The number of rotatable bonds is 11. The van der Waals surface area contributed by atoms with Crippen LogP contribution >= 0.6 is 23.2 Å². The van der Waals surface area contributed by atoms with Gasteiger partial charge in [-0.25, -0.2) is 8.42 Å². The summed E-state index contributed by atoms with van der Waals surface area (Å²) in [5.41, 5.74) is 10.1. The second kappa shape index (κ2) is 13.2. The molecule has 3 N–H and O–H groups in total. The number of carbonyl (C=O) groups excluding carboxylic acids is 1. The maximum atomic E-state index is 13.6. The number of likely N-dealkylation sites (tertiary alicyclic amines) is 1. The molecular weight excluding hydrogens is 569 g/mol. The molecule has 1 heterocycles. The van der Waals surface area contributed by atoms with Crippen molar-refractivity contribution in [3.05, 3.63) is 82.3 Å². The molecule has 3 aromatic rings. The molecule has 0 aromatic heterocycles. The number of nitrogens with two attached hydrogens (primary N) is 1. The second-order valence-electron chi connectivity index (χ2n) is 10.1. The molecule has 40 heavy (non-hydrogen) atoms. The number of sulfonamides is 1. The molecule has 0 bridgehead atoms. The van der Waals surface area contributed by atoms with E-state index in [0.717, 1.165) is 61.1 Å². The van der Waals surface area contributed by atoms with E-state index in [2.05, 4.69) is 9.62 Å². The summed E-state index contributed by atoms with van der Waals surface area (Å²) < 4.78 is 25.8. The molecular formula is C29H35Cl2N5O3S. The predicted octanol–water partition coefficient (Wildman–Crippen LogP) is 5.05. The van der Waals surface area contributed by atoms with Crippen LogP contribution in [-0.2, 0) is 14.8 Å². The number of likely N-dealkylation sites (N-methyl/N-ethyl adjacent to an activating group) is 1. The molecule has 1 aliphatic rings. The summed E-state index contributed by atoms with van der Waals surface area (Å²) in [6, 6.07) is 20.4. The van der Waals surface area contributed by atoms with E-state index in [4.69, 9.17) is 28.9 Å². The number of amides is 1. The number of hydrogen-bond acceptors (Lipinski definition) is 6. The van der Waals surface area contributed by atoms with E-state index in [1.807, 2.05) is 43.4 Å². The molecule has 1 aliphatic heterocycles. The maximum Gasteiger partial charge on any atom is 0.242 e. The standard InChI is InChI=1S/C29H35Cl2N5O3S/c1-34(29(37)19-36(20-32)25-12-13-26(30)27(31)17-25)28(18-35-14-3-4-15-35)22-10-8-21(9-11-22)23-6-5-7-24(16-23)33-40(2,38)39/h5-13,16-17,28,33H,3-4,14-15,18-20,32H2,1-2H3. The van der Waals surface area contributed by atoms with Crippen LogP contribution in [0, 0.1) is 0 Å². The van der Waals surface area contributed by atoms with Crippen LogP contribution in [-0.4, -0.2) is 70.3 Å². The summed E-state index contributed by atoms with van der Waals surface area (Å²) >= 11 is 12.3. The fourth-order valence-corrected chi connectivity index (χ4v) is 5.77. The molecule has 1 saturated heterocycles. The Labute approximate surface area is 246 Å². The number of anilines is 2. The molecule has 8 nitrogen and oxygen atoms in total. The average Bonchev–Trinajstić information content (AvgIpc) is 3.44. The van der Waals surface area contributed by atoms with Crippen molar-refractivity contribution in [1.82, 2.24) is 9.80 Å². The summed E-state index contributed by atoms with van der Waals surface area (Å²) in [7, 11) is -1.54. The first kappa shape index (κ1) is 30.1. The molecule has 11 heteroatoms. The van der Waals surface area contributed by atoms with Gasteiger partial charge in [0.2, 0.25) is 15.9 Å². The number of halogens is 2. The summed E-state index contributed by atoms with van der Waals surface area (Å²) in [6.45, 7) is 2.99. The molecule has 0 saturated carbocycles. The number of carbonyl (C=O) groups is 1. The van der Waals surface area contributed by atoms with Gasteiger partial charge < -0.3 is 20.4 Å². The third-order valence-electron chi connectivity index (χ3n) is 7.10. The fraction of sp³-hybridized carbons (Fsp3) is 0.345. The molecule has 1 fully saturated rings. The third kappa shape index (κ3) is 7.89. The minimum Gasteiger partial charge on any atom is -0.350 e. The van der Waals surface area contributed by atoms with Crippen molar-refractivity contribution in [3.8, 4) is 11.1 Å². The quantitative estimate of drug-likeness (QED) is 0.298. The third-order valence-corrected chi connectivity index (χ3v) is 8.45. The zero-order valence-corrected chi connectivity index (χ0v) is 25.0. The van der Waals surface area contributed by atoms with Crippen LogP contribution in [0.4, 0.5) is 11.4 Å². The minimum absolute atomic E-state index is 0.0654. The van der Waals surface area contributed by atoms with Crippen LogP contribution in [0.15, 0.2) is 66.7 Å². The SMILES string of the molecule is CN(C(=O)CN(CN)c1ccc(Cl)c(Cl)c1)C(CN1CCCC1)c1ccc(-c2cccc(NS(C)(=O)=O)c2)cc1. The average molecular weight is 605 g/mol. The Morgan fingerprint density at radius 3 is 2.33 bits per heavy atom. The topological polar surface area (TPSA) is 99.0 Å². The van der Waals surface area contributed by atoms with Crippen molar-refractivity contribution in [2.24, 2.45) is 5.73 Å². The molecule has 4 rings (SSSR count). The molecule has 0 radical (unpaired) electrons. The first-order valence-electron chi connectivity index (χ1n) is 13.1. The van der Waals surface area contributed by atoms with E-state index in [1.54, 1.807) is 40.1 Å². The van der Waals surface area contributed by atoms with Crippen LogP contribution < -0.4 is 15.4 Å². The Bertz CT molecular complexity index is 1430. The van der Waals surface area contributed by atoms with E-state index in [9.17, 15) is 13.2 Å². The Hall–Kier alpha value is -2.82. The Morgan fingerprint density at radius 1 is 1.00 bits per heavy atom. The lowest BCUT2D eigenvalue weighted by molar-refractivity contribution is -0.131. The summed E-state index contributed by atoms with van der Waals surface area (Å²) in [6.07, 6.45) is 3.43. The number of nitrogens with zero attached hydrogens (tertiary/aromatic N) is 3. The van der Waals surface area contributed by atoms with Gasteiger partial charge in [0.1, 0.15) is 0 Å². The van der Waals surface area contributed by atoms with Crippen LogP contribution in [0.5, 0.6) is 0 Å². The van der Waals surface area contributed by atoms with Crippen molar-refractivity contribution >= 4 is 50.5 Å². The number of nitrogens with one attached hydrogen (secondary N) is 1. The van der Waals surface area contributed by atoms with E-state index in [1.165, 1.54) is 0 Å². The molecule has 214 valence electrons. The van der Waals surface area contributed by atoms with Gasteiger partial charge in [-0.3, -0.25) is 9.52 Å². The van der Waals surface area contributed by atoms with Gasteiger partial charge in [-0.2, -0.15) is 0 Å². The highest BCUT2D eigenvalue weighted by Gasteiger charge is 2.27. The number of hydrogen-bond donors (Lipinski definition) is 2. The zero-order valence-electron chi connectivity index (χ0n) is 22.7. The van der Waals surface area contributed by atoms with Crippen molar-refractivity contribution in [2.45, 2.75) is 18.9 Å². The van der Waals surface area contributed by atoms with E-state index in [-0.39, 0.29) is 25.2 Å². The highest BCUT2D eigenvalue weighted by Crippen LogP contribution is 2.30. The summed E-state index contributed by atoms with van der Waals surface area (Å²) in [5, 5.41) is 0.849. The van der Waals surface area contributed by atoms with Gasteiger partial charge in [0.25, 0.3) is 0 Å². The van der Waals surface area contributed by atoms with Gasteiger partial charge in [0.05, 0.1) is 35.6 Å². The smallest absolute Gasteiger partial charge is 0.242 e. The fourth-order valence-electron chi connectivity index (χ4n) is 4.93. The minimum atomic E-state index is -3.37. The Kier molecular flexibility index (Phi) is 9.97. The van der Waals surface area contributed by atoms with Crippen LogP contribution in [0.25, 0.3) is 11.1 Å². The van der Waals surface area contributed by atoms with Gasteiger partial charge in [0.15, 0.2) is 0 Å². The molecule has 1 atom stereocenters. The lowest BCUT2D eigenvalue weighted by Gasteiger charge is -2.34. The molecule has 0 aliphatic carbocycles. The first-order chi connectivity index (χ1) is 19.0. The monoisotopic (exact) mass is 603 g/mol. The largest absolute Gasteiger partial charge is 0.350 e. The predicted molar refractivity (Wildman–Crippen MR) is 164 cm³/mol. The lowest BCUT2D eigenvalue weighted by atomic mass is 9.99. The van der Waals surface area contributed by atoms with Crippen LogP contribution in [0.2, 0.25) is 10.0 Å². The van der Waals surface area contributed by atoms with Crippen LogP contribution in [0.1, 0.15) is 24.4 Å². The van der Waals surface area contributed by atoms with Gasteiger partial charge in [0, 0.05) is 25.0 Å². The van der Waals surface area contributed by atoms with E-state index >= 15 is 0 Å². The summed E-state index contributed by atoms with van der Waals surface area (Å²) in [4.78, 5) is 19.5. The van der Waals surface area contributed by atoms with E-state index in [0.29, 0.717) is 15.7 Å². The molecule has 1 amide bonds. The van der Waals surface area contributed by atoms with Crippen molar-refractivity contribution in [1.29, 1.82) is 0 Å². The lowest BCUT2D eigenvalue weighted by Crippen LogP contribution is -2.44. The Balaban J connectivity index is 1.55. The number of benzene rings is 3. The van der Waals surface area contributed by atoms with Crippen LogP contribution in [0.3, 0.4) is 0 Å². The van der Waals surface area contributed by atoms with Crippen molar-refractivity contribution < 1.29 is 13.2 Å². The normalized spacial score (nSPS) is 14.6. The van der Waals surface area contributed by atoms with Gasteiger partial charge in [-0.15, -0.1) is 0 Å². The molecule has 3 aromatic carbocycles. The van der Waals surface area contributed by atoms with Gasteiger partial charge in [-0.1, -0.05) is 59.6 Å². The maximum absolute atomic E-state index is 13.6. The van der Waals surface area contributed by atoms with Gasteiger partial charge >= 0.3 is 0 Å². The summed E-state index contributed by atoms with van der Waals surface area (Å²) in [5.74, 6) is -0.0654. The Morgan fingerprint density at radius 2 is 1.70 bits per heavy atom. The highest BCUT2D eigenvalue weighted by atomic mass is 35.5. The van der Waals surface area contributed by atoms with Crippen molar-refractivity contribution in [3.63, 3.8) is 0 Å². The highest BCUT2D eigenvalue weighted by molar-refractivity contribution is 7.92. The molecule has 0 spiro atoms. The zero-order chi connectivity index (χ0) is 28.9. The van der Waals surface area contributed by atoms with Gasteiger partial charge in [-0.05, 0) is 73.0 Å². The van der Waals surface area contributed by atoms with E-state index < -0.39 is 10.0 Å². The first-order valence-corrected chi connectivity index (χ1v) is 15.7. The molecule has 1 unspecified atom stereocenters.